The normalized spacial score (nSPS) is 14.4. The summed E-state index contributed by atoms with van der Waals surface area (Å²) in [6, 6.07) is 15.1. The Bertz CT molecular complexity index is 775. The van der Waals surface area contributed by atoms with Crippen LogP contribution in [0.2, 0.25) is 0 Å². The van der Waals surface area contributed by atoms with E-state index in [1.807, 2.05) is 36.4 Å². The molecule has 3 rings (SSSR count). The van der Waals surface area contributed by atoms with Crippen molar-refractivity contribution in [3.05, 3.63) is 59.7 Å². The van der Waals surface area contributed by atoms with E-state index in [2.05, 4.69) is 17.1 Å². The molecule has 1 N–H and O–H groups in total. The number of nitrogens with zero attached hydrogens (tertiary/aromatic N) is 1. The quantitative estimate of drug-likeness (QED) is 0.666. The van der Waals surface area contributed by atoms with Gasteiger partial charge in [-0.05, 0) is 42.3 Å². The van der Waals surface area contributed by atoms with Gasteiger partial charge < -0.3 is 19.5 Å². The number of nitrogens with one attached hydrogen (secondary N) is 1. The van der Waals surface area contributed by atoms with Gasteiger partial charge in [-0.2, -0.15) is 0 Å². The predicted octanol–water partition coefficient (Wildman–Crippen LogP) is 3.12. The third-order valence-electron chi connectivity index (χ3n) is 4.70. The van der Waals surface area contributed by atoms with Gasteiger partial charge in [0.15, 0.2) is 0 Å². The molecule has 1 aliphatic rings. The van der Waals surface area contributed by atoms with E-state index in [0.29, 0.717) is 25.3 Å². The van der Waals surface area contributed by atoms with Crippen molar-refractivity contribution in [2.24, 2.45) is 0 Å². The Balaban J connectivity index is 1.46. The van der Waals surface area contributed by atoms with Gasteiger partial charge in [-0.3, -0.25) is 9.69 Å². The number of hydrogen-bond donors (Lipinski definition) is 1. The van der Waals surface area contributed by atoms with E-state index in [4.69, 9.17) is 14.2 Å². The first-order valence-corrected chi connectivity index (χ1v) is 10.3. The van der Waals surface area contributed by atoms with Crippen LogP contribution in [0.1, 0.15) is 29.3 Å². The summed E-state index contributed by atoms with van der Waals surface area (Å²) >= 11 is 0. The molecule has 1 heterocycles. The number of carbonyl (C=O) groups is 1. The van der Waals surface area contributed by atoms with Gasteiger partial charge in [-0.25, -0.2) is 0 Å². The van der Waals surface area contributed by atoms with Crippen molar-refractivity contribution in [3.8, 4) is 11.5 Å². The fraction of sp³-hybridized carbons (Fsp3) is 0.435. The fourth-order valence-electron chi connectivity index (χ4n) is 3.09. The second-order valence-electron chi connectivity index (χ2n) is 7.01. The molecule has 0 saturated carbocycles. The lowest BCUT2D eigenvalue weighted by Gasteiger charge is -2.26. The van der Waals surface area contributed by atoms with E-state index >= 15 is 0 Å². The molecule has 0 atom stereocenters. The van der Waals surface area contributed by atoms with Crippen LogP contribution in [0.3, 0.4) is 0 Å². The van der Waals surface area contributed by atoms with Gasteiger partial charge in [0.25, 0.3) is 5.91 Å². The van der Waals surface area contributed by atoms with Gasteiger partial charge in [0.05, 0.1) is 19.8 Å². The van der Waals surface area contributed by atoms with Gasteiger partial charge in [-0.15, -0.1) is 0 Å². The maximum Gasteiger partial charge on any atom is 0.251 e. The topological polar surface area (TPSA) is 60.0 Å². The molecular weight excluding hydrogens is 368 g/mol. The molecular formula is C23H30N2O4. The van der Waals surface area contributed by atoms with E-state index in [0.717, 1.165) is 56.3 Å². The molecule has 6 heteroatoms. The molecule has 1 amide bonds. The van der Waals surface area contributed by atoms with Crippen LogP contribution in [0.15, 0.2) is 48.5 Å². The zero-order valence-electron chi connectivity index (χ0n) is 17.1. The fourth-order valence-corrected chi connectivity index (χ4v) is 3.09. The summed E-state index contributed by atoms with van der Waals surface area (Å²) in [7, 11) is 0. The summed E-state index contributed by atoms with van der Waals surface area (Å²) < 4.78 is 16.8. The monoisotopic (exact) mass is 398 g/mol. The Morgan fingerprint density at radius 3 is 2.55 bits per heavy atom. The third kappa shape index (κ3) is 7.07. The van der Waals surface area contributed by atoms with Gasteiger partial charge in [0.1, 0.15) is 18.1 Å². The number of morpholine rings is 1. The second-order valence-corrected chi connectivity index (χ2v) is 7.01. The Kier molecular flexibility index (Phi) is 8.34. The first-order chi connectivity index (χ1) is 14.2. The van der Waals surface area contributed by atoms with Crippen LogP contribution in [0.4, 0.5) is 0 Å². The van der Waals surface area contributed by atoms with Crippen molar-refractivity contribution in [2.45, 2.75) is 19.9 Å². The van der Waals surface area contributed by atoms with E-state index in [9.17, 15) is 4.79 Å². The van der Waals surface area contributed by atoms with Crippen LogP contribution >= 0.6 is 0 Å². The first kappa shape index (κ1) is 21.1. The minimum atomic E-state index is -0.120. The molecule has 2 aromatic rings. The molecule has 1 fully saturated rings. The average Bonchev–Trinajstić information content (AvgIpc) is 2.77. The van der Waals surface area contributed by atoms with E-state index in [-0.39, 0.29) is 5.91 Å². The van der Waals surface area contributed by atoms with Crippen LogP contribution in [-0.4, -0.2) is 56.9 Å². The number of carbonyl (C=O) groups excluding carboxylic acids is 1. The van der Waals surface area contributed by atoms with Crippen LogP contribution in [-0.2, 0) is 11.3 Å². The minimum Gasteiger partial charge on any atom is -0.494 e. The average molecular weight is 399 g/mol. The van der Waals surface area contributed by atoms with Crippen molar-refractivity contribution in [1.82, 2.24) is 10.2 Å². The summed E-state index contributed by atoms with van der Waals surface area (Å²) in [5.74, 6) is 1.42. The van der Waals surface area contributed by atoms with E-state index in [1.165, 1.54) is 0 Å². The molecule has 0 spiro atoms. The van der Waals surface area contributed by atoms with Crippen molar-refractivity contribution in [1.29, 1.82) is 0 Å². The van der Waals surface area contributed by atoms with Crippen molar-refractivity contribution >= 4 is 5.91 Å². The predicted molar refractivity (Wildman–Crippen MR) is 113 cm³/mol. The van der Waals surface area contributed by atoms with Gasteiger partial charge >= 0.3 is 0 Å². The maximum atomic E-state index is 12.5. The molecule has 0 aliphatic carbocycles. The minimum absolute atomic E-state index is 0.120. The van der Waals surface area contributed by atoms with Crippen LogP contribution < -0.4 is 14.8 Å². The highest BCUT2D eigenvalue weighted by Crippen LogP contribution is 2.15. The Morgan fingerprint density at radius 1 is 1.03 bits per heavy atom. The zero-order valence-corrected chi connectivity index (χ0v) is 17.1. The SMILES string of the molecule is CCCOc1cccc(C(=O)NCc2cccc(OCCN3CCOCC3)c2)c1. The van der Waals surface area contributed by atoms with Crippen LogP contribution in [0.5, 0.6) is 11.5 Å². The smallest absolute Gasteiger partial charge is 0.251 e. The second kappa shape index (κ2) is 11.4. The summed E-state index contributed by atoms with van der Waals surface area (Å²) in [5, 5.41) is 2.96. The Hall–Kier alpha value is -2.57. The van der Waals surface area contributed by atoms with Gasteiger partial charge in [0.2, 0.25) is 0 Å². The highest BCUT2D eigenvalue weighted by molar-refractivity contribution is 5.94. The summed E-state index contributed by atoms with van der Waals surface area (Å²) in [5.41, 5.74) is 1.59. The lowest BCUT2D eigenvalue weighted by atomic mass is 10.1. The number of amides is 1. The third-order valence-corrected chi connectivity index (χ3v) is 4.70. The van der Waals surface area contributed by atoms with Gasteiger partial charge in [-0.1, -0.05) is 25.1 Å². The van der Waals surface area contributed by atoms with Gasteiger partial charge in [0, 0.05) is 31.7 Å². The maximum absolute atomic E-state index is 12.5. The molecule has 0 bridgehead atoms. The largest absolute Gasteiger partial charge is 0.494 e. The molecule has 29 heavy (non-hydrogen) atoms. The van der Waals surface area contributed by atoms with Crippen molar-refractivity contribution < 1.29 is 19.0 Å². The summed E-state index contributed by atoms with van der Waals surface area (Å²) in [6.07, 6.45) is 0.932. The molecule has 1 aliphatic heterocycles. The standard InChI is InChI=1S/C23H30N2O4/c1-2-12-28-22-8-4-6-20(17-22)23(26)24-18-19-5-3-7-21(16-19)29-15-11-25-9-13-27-14-10-25/h3-8,16-17H,2,9-15,18H2,1H3,(H,24,26). The molecule has 6 nitrogen and oxygen atoms in total. The molecule has 156 valence electrons. The highest BCUT2D eigenvalue weighted by atomic mass is 16.5. The lowest BCUT2D eigenvalue weighted by Crippen LogP contribution is -2.38. The molecule has 0 aromatic heterocycles. The number of hydrogen-bond acceptors (Lipinski definition) is 5. The number of rotatable bonds is 10. The van der Waals surface area contributed by atoms with E-state index < -0.39 is 0 Å². The van der Waals surface area contributed by atoms with Crippen molar-refractivity contribution in [2.75, 3.05) is 46.1 Å². The molecule has 0 unspecified atom stereocenters. The summed E-state index contributed by atoms with van der Waals surface area (Å²) in [4.78, 5) is 14.8. The molecule has 0 radical (unpaired) electrons. The zero-order chi connectivity index (χ0) is 20.3. The molecule has 2 aromatic carbocycles. The lowest BCUT2D eigenvalue weighted by molar-refractivity contribution is 0.0322. The number of benzene rings is 2. The summed E-state index contributed by atoms with van der Waals surface area (Å²) in [6.45, 7) is 8.17. The van der Waals surface area contributed by atoms with Crippen LogP contribution in [0.25, 0.3) is 0 Å². The van der Waals surface area contributed by atoms with E-state index in [1.54, 1.807) is 12.1 Å². The Morgan fingerprint density at radius 2 is 1.76 bits per heavy atom. The molecule has 1 saturated heterocycles. The number of ether oxygens (including phenoxy) is 3. The van der Waals surface area contributed by atoms with Crippen molar-refractivity contribution in [3.63, 3.8) is 0 Å². The highest BCUT2D eigenvalue weighted by Gasteiger charge is 2.10. The first-order valence-electron chi connectivity index (χ1n) is 10.3. The van der Waals surface area contributed by atoms with Crippen LogP contribution in [0, 0.1) is 0 Å². The Labute approximate surface area is 172 Å².